The summed E-state index contributed by atoms with van der Waals surface area (Å²) in [5.41, 5.74) is 1.79. The van der Waals surface area contributed by atoms with Gasteiger partial charge in [-0.1, -0.05) is 30.0 Å². The molecule has 0 saturated heterocycles. The van der Waals surface area contributed by atoms with Crippen LogP contribution in [0.2, 0.25) is 0 Å². The fourth-order valence-electron chi connectivity index (χ4n) is 2.16. The molecule has 3 rings (SSSR count). The van der Waals surface area contributed by atoms with Crippen LogP contribution in [-0.2, 0) is 0 Å². The summed E-state index contributed by atoms with van der Waals surface area (Å²) >= 11 is 1.66. The van der Waals surface area contributed by atoms with Gasteiger partial charge in [-0.05, 0) is 60.7 Å². The molecule has 0 radical (unpaired) electrons. The highest BCUT2D eigenvalue weighted by Gasteiger charge is 2.09. The summed E-state index contributed by atoms with van der Waals surface area (Å²) in [5, 5.41) is 8.80. The highest BCUT2D eigenvalue weighted by molar-refractivity contribution is 7.99. The Kier molecular flexibility index (Phi) is 4.56. The minimum absolute atomic E-state index is 0.0363. The van der Waals surface area contributed by atoms with Crippen LogP contribution in [0.4, 0.5) is 0 Å². The first kappa shape index (κ1) is 15.1. The van der Waals surface area contributed by atoms with Gasteiger partial charge in [0.1, 0.15) is 0 Å². The summed E-state index contributed by atoms with van der Waals surface area (Å²) in [6, 6.07) is 26.4. The van der Waals surface area contributed by atoms with Gasteiger partial charge in [0.05, 0.1) is 11.6 Å². The van der Waals surface area contributed by atoms with E-state index in [0.29, 0.717) is 16.7 Å². The molecule has 0 aromatic heterocycles. The lowest BCUT2D eigenvalue weighted by Crippen LogP contribution is -2.00. The number of nitriles is 1. The smallest absolute Gasteiger partial charge is 0.193 e. The van der Waals surface area contributed by atoms with Gasteiger partial charge < -0.3 is 0 Å². The molecular weight excluding hydrogens is 302 g/mol. The van der Waals surface area contributed by atoms with Crippen LogP contribution in [0.15, 0.2) is 88.7 Å². The maximum atomic E-state index is 12.4. The van der Waals surface area contributed by atoms with Gasteiger partial charge >= 0.3 is 0 Å². The van der Waals surface area contributed by atoms with Crippen molar-refractivity contribution in [2.45, 2.75) is 9.79 Å². The van der Waals surface area contributed by atoms with Gasteiger partial charge in [0, 0.05) is 20.9 Å². The van der Waals surface area contributed by atoms with E-state index in [1.54, 1.807) is 36.0 Å². The van der Waals surface area contributed by atoms with Crippen LogP contribution in [-0.4, -0.2) is 5.78 Å². The van der Waals surface area contributed by atoms with Crippen LogP contribution >= 0.6 is 11.8 Å². The van der Waals surface area contributed by atoms with Gasteiger partial charge in [-0.25, -0.2) is 0 Å². The van der Waals surface area contributed by atoms with Crippen LogP contribution in [0, 0.1) is 11.3 Å². The predicted molar refractivity (Wildman–Crippen MR) is 91.6 cm³/mol. The lowest BCUT2D eigenvalue weighted by atomic mass is 10.0. The van der Waals surface area contributed by atoms with Gasteiger partial charge in [-0.15, -0.1) is 0 Å². The third-order valence-corrected chi connectivity index (χ3v) is 4.39. The zero-order valence-electron chi connectivity index (χ0n) is 12.3. The number of carbonyl (C=O) groups excluding carboxylic acids is 1. The van der Waals surface area contributed by atoms with Crippen LogP contribution in [0.1, 0.15) is 21.5 Å². The molecule has 2 nitrogen and oxygen atoms in total. The molecule has 23 heavy (non-hydrogen) atoms. The minimum atomic E-state index is -0.0363. The summed E-state index contributed by atoms with van der Waals surface area (Å²) in [6.45, 7) is 0. The number of nitrogens with zero attached hydrogens (tertiary/aromatic N) is 1. The van der Waals surface area contributed by atoms with Crippen molar-refractivity contribution in [3.05, 3.63) is 95.6 Å². The summed E-state index contributed by atoms with van der Waals surface area (Å²) < 4.78 is 0. The number of hydrogen-bond donors (Lipinski definition) is 0. The molecular formula is C20H13NOS. The molecule has 0 heterocycles. The largest absolute Gasteiger partial charge is 0.289 e. The molecule has 0 N–H and O–H groups in total. The second kappa shape index (κ2) is 6.95. The molecule has 0 spiro atoms. The standard InChI is InChI=1S/C20H13NOS/c21-14-15-6-8-16(9-7-15)20(22)17-10-12-19(13-11-17)23-18-4-2-1-3-5-18/h1-13H. The zero-order chi connectivity index (χ0) is 16.1. The fourth-order valence-corrected chi connectivity index (χ4v) is 3.00. The third kappa shape index (κ3) is 3.68. The zero-order valence-corrected chi connectivity index (χ0v) is 13.1. The van der Waals surface area contributed by atoms with Crippen LogP contribution in [0.25, 0.3) is 0 Å². The van der Waals surface area contributed by atoms with Crippen molar-refractivity contribution in [2.24, 2.45) is 0 Å². The Bertz CT molecular complexity index is 847. The Morgan fingerprint density at radius 2 is 1.26 bits per heavy atom. The van der Waals surface area contributed by atoms with Gasteiger partial charge in [-0.2, -0.15) is 5.26 Å². The summed E-state index contributed by atoms with van der Waals surface area (Å²) in [5.74, 6) is -0.0363. The lowest BCUT2D eigenvalue weighted by molar-refractivity contribution is 0.103. The molecule has 0 amide bonds. The van der Waals surface area contributed by atoms with E-state index < -0.39 is 0 Å². The van der Waals surface area contributed by atoms with Crippen molar-refractivity contribution in [1.29, 1.82) is 5.26 Å². The Labute approximate surface area is 139 Å². The van der Waals surface area contributed by atoms with Crippen molar-refractivity contribution in [3.8, 4) is 6.07 Å². The van der Waals surface area contributed by atoms with E-state index in [9.17, 15) is 4.79 Å². The predicted octanol–water partition coefficient (Wildman–Crippen LogP) is 4.94. The number of benzene rings is 3. The molecule has 3 aromatic rings. The van der Waals surface area contributed by atoms with E-state index in [1.807, 2.05) is 48.5 Å². The number of hydrogen-bond acceptors (Lipinski definition) is 3. The summed E-state index contributed by atoms with van der Waals surface area (Å²) in [6.07, 6.45) is 0. The van der Waals surface area contributed by atoms with E-state index in [4.69, 9.17) is 5.26 Å². The molecule has 0 aliphatic rings. The van der Waals surface area contributed by atoms with Crippen molar-refractivity contribution in [1.82, 2.24) is 0 Å². The summed E-state index contributed by atoms with van der Waals surface area (Å²) in [7, 11) is 0. The monoisotopic (exact) mass is 315 g/mol. The molecule has 0 aliphatic heterocycles. The molecule has 0 bridgehead atoms. The first-order chi connectivity index (χ1) is 11.3. The van der Waals surface area contributed by atoms with Gasteiger partial charge in [-0.3, -0.25) is 4.79 Å². The first-order valence-corrected chi connectivity index (χ1v) is 7.96. The molecule has 0 aliphatic carbocycles. The Hall–Kier alpha value is -2.83. The normalized spacial score (nSPS) is 10.0. The lowest BCUT2D eigenvalue weighted by Gasteiger charge is -2.04. The minimum Gasteiger partial charge on any atom is -0.289 e. The molecule has 110 valence electrons. The third-order valence-electron chi connectivity index (χ3n) is 3.37. The van der Waals surface area contributed by atoms with Crippen LogP contribution in [0.3, 0.4) is 0 Å². The second-order valence-electron chi connectivity index (χ2n) is 4.96. The Morgan fingerprint density at radius 3 is 1.83 bits per heavy atom. The van der Waals surface area contributed by atoms with Crippen molar-refractivity contribution < 1.29 is 4.79 Å². The van der Waals surface area contributed by atoms with Gasteiger partial charge in [0.2, 0.25) is 0 Å². The van der Waals surface area contributed by atoms with Crippen molar-refractivity contribution in [2.75, 3.05) is 0 Å². The highest BCUT2D eigenvalue weighted by atomic mass is 32.2. The van der Waals surface area contributed by atoms with E-state index in [-0.39, 0.29) is 5.78 Å². The second-order valence-corrected chi connectivity index (χ2v) is 6.10. The maximum Gasteiger partial charge on any atom is 0.193 e. The molecule has 0 unspecified atom stereocenters. The number of carbonyl (C=O) groups is 1. The molecule has 0 saturated carbocycles. The van der Waals surface area contributed by atoms with E-state index in [1.165, 1.54) is 4.90 Å². The van der Waals surface area contributed by atoms with Crippen LogP contribution < -0.4 is 0 Å². The maximum absolute atomic E-state index is 12.4. The van der Waals surface area contributed by atoms with Gasteiger partial charge in [0.25, 0.3) is 0 Å². The van der Waals surface area contributed by atoms with E-state index in [2.05, 4.69) is 12.1 Å². The molecule has 3 aromatic carbocycles. The fraction of sp³-hybridized carbons (Fsp3) is 0. The van der Waals surface area contributed by atoms with Crippen LogP contribution in [0.5, 0.6) is 0 Å². The topological polar surface area (TPSA) is 40.9 Å². The quantitative estimate of drug-likeness (QED) is 0.640. The Morgan fingerprint density at radius 1 is 0.739 bits per heavy atom. The average Bonchev–Trinajstić information content (AvgIpc) is 2.63. The Balaban J connectivity index is 1.76. The highest BCUT2D eigenvalue weighted by Crippen LogP contribution is 2.27. The first-order valence-electron chi connectivity index (χ1n) is 7.14. The summed E-state index contributed by atoms with van der Waals surface area (Å²) in [4.78, 5) is 14.7. The molecule has 0 atom stereocenters. The molecule has 3 heteroatoms. The van der Waals surface area contributed by atoms with Crippen molar-refractivity contribution >= 4 is 17.5 Å². The van der Waals surface area contributed by atoms with Gasteiger partial charge in [0.15, 0.2) is 5.78 Å². The van der Waals surface area contributed by atoms with Crippen molar-refractivity contribution in [3.63, 3.8) is 0 Å². The SMILES string of the molecule is N#Cc1ccc(C(=O)c2ccc(Sc3ccccc3)cc2)cc1. The number of rotatable bonds is 4. The van der Waals surface area contributed by atoms with E-state index in [0.717, 1.165) is 4.90 Å². The average molecular weight is 315 g/mol. The van der Waals surface area contributed by atoms with E-state index >= 15 is 0 Å². The number of ketones is 1. The molecule has 0 fully saturated rings.